The van der Waals surface area contributed by atoms with Crippen LogP contribution in [0.25, 0.3) is 16.7 Å². The van der Waals surface area contributed by atoms with Crippen LogP contribution in [0.4, 0.5) is 5.82 Å². The van der Waals surface area contributed by atoms with Crippen LogP contribution < -0.4 is 15.2 Å². The SMILES string of the molecule is COc1cc2c(N)nc3nnnn3c2cc1OC. The van der Waals surface area contributed by atoms with Gasteiger partial charge in [-0.25, -0.2) is 0 Å². The van der Waals surface area contributed by atoms with Crippen LogP contribution in [0.3, 0.4) is 0 Å². The average molecular weight is 246 g/mol. The van der Waals surface area contributed by atoms with Crippen molar-refractivity contribution >= 4 is 22.5 Å². The summed E-state index contributed by atoms with van der Waals surface area (Å²) in [5.41, 5.74) is 6.59. The molecule has 0 atom stereocenters. The van der Waals surface area contributed by atoms with Crippen molar-refractivity contribution in [3.8, 4) is 11.5 Å². The number of methoxy groups -OCH3 is 2. The van der Waals surface area contributed by atoms with Gasteiger partial charge in [-0.2, -0.15) is 9.50 Å². The molecule has 0 aliphatic rings. The maximum atomic E-state index is 5.88. The minimum Gasteiger partial charge on any atom is -0.493 e. The van der Waals surface area contributed by atoms with E-state index in [4.69, 9.17) is 15.2 Å². The molecule has 3 rings (SSSR count). The molecular formula is C10H10N6O2. The van der Waals surface area contributed by atoms with Crippen molar-refractivity contribution in [2.45, 2.75) is 0 Å². The molecule has 0 amide bonds. The Morgan fingerprint density at radius 2 is 1.89 bits per heavy atom. The van der Waals surface area contributed by atoms with Crippen molar-refractivity contribution in [1.82, 2.24) is 25.0 Å². The van der Waals surface area contributed by atoms with Crippen molar-refractivity contribution < 1.29 is 9.47 Å². The third kappa shape index (κ3) is 1.32. The molecule has 0 bridgehead atoms. The number of anilines is 1. The Kier molecular flexibility index (Phi) is 2.15. The van der Waals surface area contributed by atoms with E-state index in [0.29, 0.717) is 34.0 Å². The number of benzene rings is 1. The number of nitrogens with two attached hydrogens (primary N) is 1. The Morgan fingerprint density at radius 1 is 1.17 bits per heavy atom. The predicted molar refractivity (Wildman–Crippen MR) is 63.6 cm³/mol. The maximum absolute atomic E-state index is 5.88. The third-order valence-electron chi connectivity index (χ3n) is 2.68. The minimum atomic E-state index is 0.340. The lowest BCUT2D eigenvalue weighted by Gasteiger charge is -2.10. The second-order valence-corrected chi connectivity index (χ2v) is 3.61. The fraction of sp³-hybridized carbons (Fsp3) is 0.200. The number of nitrogen functional groups attached to an aromatic ring is 1. The number of tetrazole rings is 1. The summed E-state index contributed by atoms with van der Waals surface area (Å²) in [7, 11) is 3.12. The fourth-order valence-electron chi connectivity index (χ4n) is 1.82. The molecule has 1 aromatic carbocycles. The summed E-state index contributed by atoms with van der Waals surface area (Å²) in [5.74, 6) is 1.83. The summed E-state index contributed by atoms with van der Waals surface area (Å²) in [6.07, 6.45) is 0. The van der Waals surface area contributed by atoms with E-state index >= 15 is 0 Å². The Labute approximate surface area is 101 Å². The number of hydrogen-bond donors (Lipinski definition) is 1. The lowest BCUT2D eigenvalue weighted by Crippen LogP contribution is -2.01. The molecule has 8 heteroatoms. The molecule has 0 unspecified atom stereocenters. The van der Waals surface area contributed by atoms with E-state index < -0.39 is 0 Å². The number of fused-ring (bicyclic) bond motifs is 3. The minimum absolute atomic E-state index is 0.340. The molecular weight excluding hydrogens is 236 g/mol. The van der Waals surface area contributed by atoms with Gasteiger partial charge >= 0.3 is 0 Å². The third-order valence-corrected chi connectivity index (χ3v) is 2.68. The van der Waals surface area contributed by atoms with Gasteiger partial charge in [-0.3, -0.25) is 0 Å². The Bertz CT molecular complexity index is 738. The number of nitrogens with zero attached hydrogens (tertiary/aromatic N) is 5. The van der Waals surface area contributed by atoms with Crippen molar-refractivity contribution in [1.29, 1.82) is 0 Å². The molecule has 2 N–H and O–H groups in total. The van der Waals surface area contributed by atoms with E-state index in [9.17, 15) is 0 Å². The summed E-state index contributed by atoms with van der Waals surface area (Å²) >= 11 is 0. The number of rotatable bonds is 2. The van der Waals surface area contributed by atoms with Gasteiger partial charge in [0.1, 0.15) is 5.82 Å². The zero-order chi connectivity index (χ0) is 12.7. The highest BCUT2D eigenvalue weighted by Crippen LogP contribution is 2.33. The molecule has 92 valence electrons. The molecule has 0 saturated carbocycles. The van der Waals surface area contributed by atoms with Crippen LogP contribution in [0.1, 0.15) is 0 Å². The van der Waals surface area contributed by atoms with Gasteiger partial charge in [-0.1, -0.05) is 5.10 Å². The summed E-state index contributed by atoms with van der Waals surface area (Å²) < 4.78 is 12.0. The highest BCUT2D eigenvalue weighted by molar-refractivity contribution is 5.92. The topological polar surface area (TPSA) is 100 Å². The lowest BCUT2D eigenvalue weighted by atomic mass is 10.2. The van der Waals surface area contributed by atoms with Crippen LogP contribution in [0.5, 0.6) is 11.5 Å². The lowest BCUT2D eigenvalue weighted by molar-refractivity contribution is 0.355. The standard InChI is InChI=1S/C10H10N6O2/c1-17-7-3-5-6(4-8(7)18-2)16-10(12-9(5)11)13-14-15-16/h3-4H,1-2H3,(H2,11,12,13,15). The summed E-state index contributed by atoms with van der Waals surface area (Å²) in [6, 6.07) is 3.51. The second kappa shape index (κ2) is 3.69. The first-order chi connectivity index (χ1) is 8.74. The first-order valence-electron chi connectivity index (χ1n) is 5.14. The summed E-state index contributed by atoms with van der Waals surface area (Å²) in [5, 5.41) is 11.9. The largest absolute Gasteiger partial charge is 0.493 e. The van der Waals surface area contributed by atoms with E-state index in [-0.39, 0.29) is 0 Å². The number of aromatic nitrogens is 5. The first-order valence-corrected chi connectivity index (χ1v) is 5.14. The molecule has 18 heavy (non-hydrogen) atoms. The second-order valence-electron chi connectivity index (χ2n) is 3.61. The van der Waals surface area contributed by atoms with Gasteiger partial charge in [0, 0.05) is 11.5 Å². The van der Waals surface area contributed by atoms with Gasteiger partial charge < -0.3 is 15.2 Å². The molecule has 2 heterocycles. The van der Waals surface area contributed by atoms with E-state index in [2.05, 4.69) is 20.5 Å². The smallest absolute Gasteiger partial charge is 0.275 e. The van der Waals surface area contributed by atoms with Crippen LogP contribution in [-0.4, -0.2) is 39.2 Å². The molecule has 0 aliphatic carbocycles. The van der Waals surface area contributed by atoms with Crippen molar-refractivity contribution in [2.75, 3.05) is 20.0 Å². The van der Waals surface area contributed by atoms with Crippen LogP contribution in [0, 0.1) is 0 Å². The molecule has 8 nitrogen and oxygen atoms in total. The van der Waals surface area contributed by atoms with Crippen LogP contribution in [0.15, 0.2) is 12.1 Å². The molecule has 0 fully saturated rings. The molecule has 0 radical (unpaired) electrons. The van der Waals surface area contributed by atoms with E-state index in [1.807, 2.05) is 0 Å². The van der Waals surface area contributed by atoms with E-state index in [0.717, 1.165) is 0 Å². The molecule has 3 aromatic rings. The van der Waals surface area contributed by atoms with E-state index in [1.54, 1.807) is 26.4 Å². The fourth-order valence-corrected chi connectivity index (χ4v) is 1.82. The molecule has 0 spiro atoms. The molecule has 0 saturated heterocycles. The van der Waals surface area contributed by atoms with Crippen molar-refractivity contribution in [3.63, 3.8) is 0 Å². The van der Waals surface area contributed by atoms with Gasteiger partial charge in [0.05, 0.1) is 19.7 Å². The van der Waals surface area contributed by atoms with Crippen molar-refractivity contribution in [3.05, 3.63) is 12.1 Å². The van der Waals surface area contributed by atoms with Crippen LogP contribution in [-0.2, 0) is 0 Å². The predicted octanol–water partition coefficient (Wildman–Crippen LogP) is 0.272. The normalized spacial score (nSPS) is 11.0. The number of ether oxygens (including phenoxy) is 2. The zero-order valence-corrected chi connectivity index (χ0v) is 9.78. The molecule has 2 aromatic heterocycles. The zero-order valence-electron chi connectivity index (χ0n) is 9.78. The quantitative estimate of drug-likeness (QED) is 0.692. The van der Waals surface area contributed by atoms with Gasteiger partial charge in [-0.05, 0) is 16.5 Å². The van der Waals surface area contributed by atoms with E-state index in [1.165, 1.54) is 4.52 Å². The first kappa shape index (κ1) is 10.5. The highest BCUT2D eigenvalue weighted by Gasteiger charge is 2.13. The Morgan fingerprint density at radius 3 is 2.61 bits per heavy atom. The summed E-state index contributed by atoms with van der Waals surface area (Å²) in [4.78, 5) is 4.10. The van der Waals surface area contributed by atoms with Gasteiger partial charge in [-0.15, -0.1) is 0 Å². The molecule has 0 aliphatic heterocycles. The van der Waals surface area contributed by atoms with Gasteiger partial charge in [0.15, 0.2) is 11.5 Å². The average Bonchev–Trinajstić information content (AvgIpc) is 2.85. The highest BCUT2D eigenvalue weighted by atomic mass is 16.5. The maximum Gasteiger partial charge on any atom is 0.275 e. The van der Waals surface area contributed by atoms with Crippen LogP contribution >= 0.6 is 0 Å². The van der Waals surface area contributed by atoms with Gasteiger partial charge in [0.2, 0.25) is 0 Å². The monoisotopic (exact) mass is 246 g/mol. The van der Waals surface area contributed by atoms with Crippen LogP contribution in [0.2, 0.25) is 0 Å². The number of hydrogen-bond acceptors (Lipinski definition) is 7. The Balaban J connectivity index is 2.48. The van der Waals surface area contributed by atoms with Crippen molar-refractivity contribution in [2.24, 2.45) is 0 Å². The van der Waals surface area contributed by atoms with Gasteiger partial charge in [0.25, 0.3) is 5.78 Å². The summed E-state index contributed by atoms with van der Waals surface area (Å²) in [6.45, 7) is 0. The Hall–Kier alpha value is -2.64.